The minimum atomic E-state index is -0.220. The van der Waals surface area contributed by atoms with Crippen molar-refractivity contribution in [3.63, 3.8) is 0 Å². The molecule has 0 bridgehead atoms. The Morgan fingerprint density at radius 1 is 1.71 bits per heavy atom. The van der Waals surface area contributed by atoms with Crippen LogP contribution in [0.1, 0.15) is 12.8 Å². The molecule has 0 aromatic carbocycles. The van der Waals surface area contributed by atoms with Crippen molar-refractivity contribution in [2.45, 2.75) is 19.4 Å². The number of nitriles is 1. The van der Waals surface area contributed by atoms with Gasteiger partial charge in [-0.25, -0.2) is 4.98 Å². The van der Waals surface area contributed by atoms with Crippen LogP contribution in [0.5, 0.6) is 0 Å². The van der Waals surface area contributed by atoms with E-state index in [2.05, 4.69) is 20.9 Å². The van der Waals surface area contributed by atoms with Gasteiger partial charge in [0.1, 0.15) is 4.47 Å². The molecular weight excluding hydrogens is 269 g/mol. The number of unbranched alkanes of at least 4 members (excludes halogenated alkanes) is 1. The fraction of sp³-hybridized carbons (Fsp3) is 0.375. The maximum Gasteiger partial charge on any atom is 0.269 e. The second kappa shape index (κ2) is 5.13. The topological polar surface area (TPSA) is 58.7 Å². The van der Waals surface area contributed by atoms with Crippen molar-refractivity contribution in [3.05, 3.63) is 26.3 Å². The quantitative estimate of drug-likeness (QED) is 0.626. The van der Waals surface area contributed by atoms with Gasteiger partial charge in [0.15, 0.2) is 5.15 Å². The highest BCUT2D eigenvalue weighted by atomic mass is 79.9. The van der Waals surface area contributed by atoms with Crippen molar-refractivity contribution < 1.29 is 0 Å². The molecule has 1 rings (SSSR count). The zero-order valence-corrected chi connectivity index (χ0v) is 9.55. The van der Waals surface area contributed by atoms with Crippen LogP contribution in [0.25, 0.3) is 0 Å². The molecule has 1 aromatic rings. The van der Waals surface area contributed by atoms with E-state index < -0.39 is 0 Å². The van der Waals surface area contributed by atoms with Crippen LogP contribution in [0.4, 0.5) is 0 Å². The molecule has 0 amide bonds. The van der Waals surface area contributed by atoms with Crippen molar-refractivity contribution in [2.75, 3.05) is 0 Å². The van der Waals surface area contributed by atoms with Crippen molar-refractivity contribution in [2.24, 2.45) is 0 Å². The fourth-order valence-corrected chi connectivity index (χ4v) is 1.39. The molecular formula is C8H7BrClN3O. The van der Waals surface area contributed by atoms with Crippen molar-refractivity contribution in [3.8, 4) is 6.07 Å². The van der Waals surface area contributed by atoms with Gasteiger partial charge in [-0.05, 0) is 22.4 Å². The summed E-state index contributed by atoms with van der Waals surface area (Å²) >= 11 is 8.67. The molecule has 0 saturated carbocycles. The van der Waals surface area contributed by atoms with Crippen LogP contribution in [-0.4, -0.2) is 9.55 Å². The SMILES string of the molecule is N#CCCCn1cnc(Cl)c(Br)c1=O. The van der Waals surface area contributed by atoms with Crippen molar-refractivity contribution in [1.82, 2.24) is 9.55 Å². The minimum Gasteiger partial charge on any atom is -0.298 e. The molecule has 0 unspecified atom stereocenters. The molecule has 0 fully saturated rings. The number of hydrogen-bond donors (Lipinski definition) is 0. The summed E-state index contributed by atoms with van der Waals surface area (Å²) in [5, 5.41) is 8.49. The molecule has 6 heteroatoms. The fourth-order valence-electron chi connectivity index (χ4n) is 0.932. The third-order valence-electron chi connectivity index (χ3n) is 1.63. The van der Waals surface area contributed by atoms with Gasteiger partial charge >= 0.3 is 0 Å². The van der Waals surface area contributed by atoms with Gasteiger partial charge in [0.25, 0.3) is 5.56 Å². The first-order chi connectivity index (χ1) is 6.66. The van der Waals surface area contributed by atoms with E-state index >= 15 is 0 Å². The molecule has 1 heterocycles. The normalized spacial score (nSPS) is 9.79. The number of aromatic nitrogens is 2. The first-order valence-electron chi connectivity index (χ1n) is 3.94. The van der Waals surface area contributed by atoms with E-state index in [-0.39, 0.29) is 15.2 Å². The third-order valence-corrected chi connectivity index (χ3v) is 2.86. The monoisotopic (exact) mass is 275 g/mol. The predicted molar refractivity (Wildman–Crippen MR) is 56.1 cm³/mol. The highest BCUT2D eigenvalue weighted by molar-refractivity contribution is 9.10. The van der Waals surface area contributed by atoms with E-state index in [1.807, 2.05) is 6.07 Å². The van der Waals surface area contributed by atoms with E-state index in [1.54, 1.807) is 0 Å². The van der Waals surface area contributed by atoms with Crippen molar-refractivity contribution in [1.29, 1.82) is 5.26 Å². The molecule has 0 N–H and O–H groups in total. The summed E-state index contributed by atoms with van der Waals surface area (Å²) < 4.78 is 1.69. The number of hydrogen-bond acceptors (Lipinski definition) is 3. The Kier molecular flexibility index (Phi) is 4.11. The van der Waals surface area contributed by atoms with Crippen LogP contribution in [0.2, 0.25) is 5.15 Å². The smallest absolute Gasteiger partial charge is 0.269 e. The predicted octanol–water partition coefficient (Wildman–Crippen LogP) is 1.96. The average Bonchev–Trinajstić information content (AvgIpc) is 2.18. The molecule has 14 heavy (non-hydrogen) atoms. The zero-order valence-electron chi connectivity index (χ0n) is 7.20. The summed E-state index contributed by atoms with van der Waals surface area (Å²) in [6.45, 7) is 0.481. The zero-order chi connectivity index (χ0) is 10.6. The highest BCUT2D eigenvalue weighted by Gasteiger charge is 2.05. The van der Waals surface area contributed by atoms with Crippen molar-refractivity contribution >= 4 is 27.5 Å². The van der Waals surface area contributed by atoms with Crippen LogP contribution in [0.15, 0.2) is 15.6 Å². The summed E-state index contributed by atoms with van der Waals surface area (Å²) in [4.78, 5) is 15.3. The van der Waals surface area contributed by atoms with Gasteiger partial charge in [-0.3, -0.25) is 9.36 Å². The minimum absolute atomic E-state index is 0.159. The Balaban J connectivity index is 2.85. The molecule has 0 saturated heterocycles. The van der Waals surface area contributed by atoms with E-state index in [0.717, 1.165) is 0 Å². The van der Waals surface area contributed by atoms with E-state index in [1.165, 1.54) is 10.9 Å². The lowest BCUT2D eigenvalue weighted by Crippen LogP contribution is -2.21. The first kappa shape index (κ1) is 11.2. The van der Waals surface area contributed by atoms with Gasteiger partial charge in [-0.15, -0.1) is 0 Å². The Bertz CT molecular complexity index is 424. The summed E-state index contributed by atoms with van der Waals surface area (Å²) in [6, 6.07) is 2.01. The first-order valence-corrected chi connectivity index (χ1v) is 5.11. The Labute approximate surface area is 94.3 Å². The van der Waals surface area contributed by atoms with Gasteiger partial charge in [0.2, 0.25) is 0 Å². The Morgan fingerprint density at radius 2 is 2.43 bits per heavy atom. The lowest BCUT2D eigenvalue weighted by Gasteiger charge is -2.03. The summed E-state index contributed by atoms with van der Waals surface area (Å²) in [6.07, 6.45) is 2.44. The van der Waals surface area contributed by atoms with Crippen LogP contribution in [0.3, 0.4) is 0 Å². The number of rotatable bonds is 3. The van der Waals surface area contributed by atoms with E-state index in [4.69, 9.17) is 16.9 Å². The maximum absolute atomic E-state index is 11.5. The Morgan fingerprint density at radius 3 is 3.07 bits per heavy atom. The van der Waals surface area contributed by atoms with E-state index in [0.29, 0.717) is 19.4 Å². The number of aryl methyl sites for hydroxylation is 1. The second-order valence-corrected chi connectivity index (χ2v) is 3.76. The standard InChI is InChI=1S/C8H7BrClN3O/c9-6-7(10)12-5-13(8(6)14)4-2-1-3-11/h5H,1-2,4H2. The lowest BCUT2D eigenvalue weighted by atomic mass is 10.3. The average molecular weight is 277 g/mol. The maximum atomic E-state index is 11.5. The summed E-state index contributed by atoms with van der Waals surface area (Å²) in [5.41, 5.74) is -0.220. The molecule has 0 aliphatic rings. The molecule has 0 aliphatic carbocycles. The summed E-state index contributed by atoms with van der Waals surface area (Å²) in [7, 11) is 0. The largest absolute Gasteiger partial charge is 0.298 e. The molecule has 0 atom stereocenters. The molecule has 0 spiro atoms. The Hall–Kier alpha value is -0.860. The molecule has 74 valence electrons. The molecule has 4 nitrogen and oxygen atoms in total. The lowest BCUT2D eigenvalue weighted by molar-refractivity contribution is 0.617. The van der Waals surface area contributed by atoms with Crippen LogP contribution in [0, 0.1) is 11.3 Å². The van der Waals surface area contributed by atoms with Gasteiger partial charge in [0, 0.05) is 13.0 Å². The summed E-state index contributed by atoms with van der Waals surface area (Å²) in [5.74, 6) is 0. The van der Waals surface area contributed by atoms with Gasteiger partial charge in [0.05, 0.1) is 12.4 Å². The van der Waals surface area contributed by atoms with Crippen LogP contribution >= 0.6 is 27.5 Å². The second-order valence-electron chi connectivity index (χ2n) is 2.61. The van der Waals surface area contributed by atoms with Gasteiger partial charge in [-0.1, -0.05) is 11.6 Å². The molecule has 0 aliphatic heterocycles. The van der Waals surface area contributed by atoms with Gasteiger partial charge < -0.3 is 0 Å². The number of halogens is 2. The van der Waals surface area contributed by atoms with Crippen LogP contribution in [-0.2, 0) is 6.54 Å². The third kappa shape index (κ3) is 2.56. The molecule has 0 radical (unpaired) electrons. The van der Waals surface area contributed by atoms with E-state index in [9.17, 15) is 4.79 Å². The number of nitrogens with zero attached hydrogens (tertiary/aromatic N) is 3. The highest BCUT2D eigenvalue weighted by Crippen LogP contribution is 2.13. The van der Waals surface area contributed by atoms with Crippen LogP contribution < -0.4 is 5.56 Å². The van der Waals surface area contributed by atoms with Gasteiger partial charge in [-0.2, -0.15) is 5.26 Å². The molecule has 1 aromatic heterocycles.